The van der Waals surface area contributed by atoms with E-state index in [1.807, 2.05) is 24.5 Å². The zero-order chi connectivity index (χ0) is 19.4. The summed E-state index contributed by atoms with van der Waals surface area (Å²) in [6.45, 7) is 10.7. The van der Waals surface area contributed by atoms with Crippen LogP contribution in [0.3, 0.4) is 0 Å². The van der Waals surface area contributed by atoms with Crippen LogP contribution in [0.15, 0.2) is 35.8 Å². The highest BCUT2D eigenvalue weighted by molar-refractivity contribution is 5.97. The van der Waals surface area contributed by atoms with Gasteiger partial charge in [-0.15, -0.1) is 6.58 Å². The molecule has 1 amide bonds. The van der Waals surface area contributed by atoms with Gasteiger partial charge in [-0.25, -0.2) is 4.98 Å². The maximum Gasteiger partial charge on any atom is 0.259 e. The van der Waals surface area contributed by atoms with Crippen molar-refractivity contribution >= 4 is 16.9 Å². The number of nitrogens with zero attached hydrogens (tertiary/aromatic N) is 3. The van der Waals surface area contributed by atoms with Crippen LogP contribution in [0.1, 0.15) is 35.8 Å². The van der Waals surface area contributed by atoms with E-state index >= 15 is 0 Å². The van der Waals surface area contributed by atoms with Crippen molar-refractivity contribution in [3.05, 3.63) is 52.5 Å². The molecule has 0 saturated carbocycles. The zero-order valence-corrected chi connectivity index (χ0v) is 16.1. The third kappa shape index (κ3) is 4.11. The Morgan fingerprint density at radius 2 is 2.11 bits per heavy atom. The quantitative estimate of drug-likeness (QED) is 0.580. The number of piperidine rings is 1. The fraction of sp³-hybridized carbons (Fsp3) is 0.476. The molecule has 1 aliphatic heterocycles. The first-order valence-corrected chi connectivity index (χ1v) is 9.53. The van der Waals surface area contributed by atoms with Crippen LogP contribution in [0.25, 0.3) is 11.0 Å². The summed E-state index contributed by atoms with van der Waals surface area (Å²) in [6, 6.07) is 3.58. The van der Waals surface area contributed by atoms with Gasteiger partial charge < -0.3 is 14.2 Å². The van der Waals surface area contributed by atoms with Crippen LogP contribution < -0.4 is 5.43 Å². The number of ether oxygens (including phenoxy) is 1. The number of carbonyl (C=O) groups excluding carboxylic acids is 1. The Labute approximate surface area is 159 Å². The topological polar surface area (TPSA) is 64.4 Å². The normalized spacial score (nSPS) is 15.3. The van der Waals surface area contributed by atoms with Crippen molar-refractivity contribution in [2.24, 2.45) is 5.92 Å². The number of pyridine rings is 2. The predicted molar refractivity (Wildman–Crippen MR) is 106 cm³/mol. The lowest BCUT2D eigenvalue weighted by molar-refractivity contribution is 0.0574. The summed E-state index contributed by atoms with van der Waals surface area (Å²) in [6.07, 6.45) is 5.19. The van der Waals surface area contributed by atoms with Crippen LogP contribution in [0.2, 0.25) is 0 Å². The van der Waals surface area contributed by atoms with E-state index in [0.717, 1.165) is 18.5 Å². The molecule has 0 aromatic carbocycles. The Kier molecular flexibility index (Phi) is 6.06. The third-order valence-electron chi connectivity index (χ3n) is 5.12. The molecular weight excluding hydrogens is 342 g/mol. The van der Waals surface area contributed by atoms with Crippen molar-refractivity contribution < 1.29 is 9.53 Å². The van der Waals surface area contributed by atoms with Crippen molar-refractivity contribution in [3.8, 4) is 0 Å². The first-order valence-electron chi connectivity index (χ1n) is 9.53. The zero-order valence-electron chi connectivity index (χ0n) is 16.1. The lowest BCUT2D eigenvalue weighted by Crippen LogP contribution is -2.41. The van der Waals surface area contributed by atoms with Gasteiger partial charge in [0.2, 0.25) is 5.43 Å². The summed E-state index contributed by atoms with van der Waals surface area (Å²) in [4.78, 5) is 32.2. The molecule has 2 aromatic heterocycles. The second kappa shape index (κ2) is 8.48. The molecule has 3 rings (SSSR count). The smallest absolute Gasteiger partial charge is 0.259 e. The number of hydrogen-bond acceptors (Lipinski definition) is 4. The average molecular weight is 369 g/mol. The number of aryl methyl sites for hydroxylation is 2. The predicted octanol–water partition coefficient (Wildman–Crippen LogP) is 2.78. The largest absolute Gasteiger partial charge is 0.377 e. The van der Waals surface area contributed by atoms with Gasteiger partial charge in [0.25, 0.3) is 5.91 Å². The van der Waals surface area contributed by atoms with E-state index in [4.69, 9.17) is 4.74 Å². The van der Waals surface area contributed by atoms with E-state index in [-0.39, 0.29) is 16.9 Å². The average Bonchev–Trinajstić information content (AvgIpc) is 2.68. The molecule has 0 atom stereocenters. The van der Waals surface area contributed by atoms with E-state index in [9.17, 15) is 9.59 Å². The van der Waals surface area contributed by atoms with Crippen molar-refractivity contribution in [2.75, 3.05) is 26.3 Å². The van der Waals surface area contributed by atoms with Crippen LogP contribution >= 0.6 is 0 Å². The van der Waals surface area contributed by atoms with Gasteiger partial charge in [-0.05, 0) is 44.7 Å². The van der Waals surface area contributed by atoms with E-state index in [1.54, 1.807) is 23.2 Å². The van der Waals surface area contributed by atoms with Crippen molar-refractivity contribution in [2.45, 2.75) is 33.2 Å². The first-order chi connectivity index (χ1) is 13.0. The minimum Gasteiger partial charge on any atom is -0.377 e. The minimum atomic E-state index is -0.233. The minimum absolute atomic E-state index is 0.185. The van der Waals surface area contributed by atoms with Crippen molar-refractivity contribution in [3.63, 3.8) is 0 Å². The van der Waals surface area contributed by atoms with Gasteiger partial charge >= 0.3 is 0 Å². The SMILES string of the molecule is C=CCOCC1CCN(C(=O)c2cn(CC)c3nc(C)ccc3c2=O)CC1. The number of carbonyl (C=O) groups is 1. The van der Waals surface area contributed by atoms with Gasteiger partial charge in [0.05, 0.1) is 12.0 Å². The van der Waals surface area contributed by atoms with E-state index < -0.39 is 0 Å². The molecule has 0 N–H and O–H groups in total. The summed E-state index contributed by atoms with van der Waals surface area (Å²) in [7, 11) is 0. The molecule has 6 nitrogen and oxygen atoms in total. The van der Waals surface area contributed by atoms with Gasteiger partial charge in [0.15, 0.2) is 0 Å². The molecule has 1 aliphatic rings. The van der Waals surface area contributed by atoms with Crippen molar-refractivity contribution in [1.82, 2.24) is 14.5 Å². The summed E-state index contributed by atoms with van der Waals surface area (Å²) >= 11 is 0. The summed E-state index contributed by atoms with van der Waals surface area (Å²) < 4.78 is 7.41. The summed E-state index contributed by atoms with van der Waals surface area (Å²) in [5, 5.41) is 0.501. The van der Waals surface area contributed by atoms with Crippen LogP contribution in [0.5, 0.6) is 0 Å². The van der Waals surface area contributed by atoms with Crippen LogP contribution in [0.4, 0.5) is 0 Å². The van der Waals surface area contributed by atoms with Gasteiger partial charge in [-0.1, -0.05) is 6.08 Å². The number of likely N-dealkylation sites (tertiary alicyclic amines) is 1. The molecule has 144 valence electrons. The molecule has 27 heavy (non-hydrogen) atoms. The molecular formula is C21H27N3O3. The molecule has 0 radical (unpaired) electrons. The van der Waals surface area contributed by atoms with E-state index in [1.165, 1.54) is 0 Å². The third-order valence-corrected chi connectivity index (χ3v) is 5.12. The molecule has 0 unspecified atom stereocenters. The summed E-state index contributed by atoms with van der Waals surface area (Å²) in [5.41, 5.74) is 1.49. The van der Waals surface area contributed by atoms with Gasteiger partial charge in [-0.2, -0.15) is 0 Å². The Morgan fingerprint density at radius 1 is 1.37 bits per heavy atom. The molecule has 1 saturated heterocycles. The van der Waals surface area contributed by atoms with Crippen LogP contribution in [-0.4, -0.2) is 46.7 Å². The maximum atomic E-state index is 13.0. The maximum absolute atomic E-state index is 13.0. The standard InChI is InChI=1S/C21H27N3O3/c1-4-12-27-14-16-8-10-24(11-9-16)21(26)18-13-23(5-2)20-17(19(18)25)7-6-15(3)22-20/h4,6-7,13,16H,1,5,8-12,14H2,2-3H3. The Hall–Kier alpha value is -2.47. The second-order valence-electron chi connectivity index (χ2n) is 7.04. The fourth-order valence-corrected chi connectivity index (χ4v) is 3.54. The Balaban J connectivity index is 1.80. The van der Waals surface area contributed by atoms with E-state index in [0.29, 0.717) is 49.8 Å². The van der Waals surface area contributed by atoms with Crippen LogP contribution in [-0.2, 0) is 11.3 Å². The summed E-state index contributed by atoms with van der Waals surface area (Å²) in [5.74, 6) is 0.264. The molecule has 6 heteroatoms. The lowest BCUT2D eigenvalue weighted by Gasteiger charge is -2.32. The second-order valence-corrected chi connectivity index (χ2v) is 7.04. The molecule has 0 bridgehead atoms. The first kappa shape index (κ1) is 19.3. The fourth-order valence-electron chi connectivity index (χ4n) is 3.54. The van der Waals surface area contributed by atoms with Gasteiger partial charge in [0, 0.05) is 38.1 Å². The molecule has 0 spiro atoms. The molecule has 0 aliphatic carbocycles. The van der Waals surface area contributed by atoms with Gasteiger partial charge in [-0.3, -0.25) is 9.59 Å². The highest BCUT2D eigenvalue weighted by Crippen LogP contribution is 2.20. The molecule has 3 heterocycles. The van der Waals surface area contributed by atoms with Gasteiger partial charge in [0.1, 0.15) is 11.2 Å². The number of fused-ring (bicyclic) bond motifs is 1. The number of aromatic nitrogens is 2. The lowest BCUT2D eigenvalue weighted by atomic mass is 9.97. The van der Waals surface area contributed by atoms with Crippen LogP contribution in [0, 0.1) is 12.8 Å². The highest BCUT2D eigenvalue weighted by atomic mass is 16.5. The highest BCUT2D eigenvalue weighted by Gasteiger charge is 2.26. The van der Waals surface area contributed by atoms with E-state index in [2.05, 4.69) is 11.6 Å². The Bertz CT molecular complexity index is 895. The number of amides is 1. The molecule has 1 fully saturated rings. The number of hydrogen-bond donors (Lipinski definition) is 0. The molecule has 2 aromatic rings. The monoisotopic (exact) mass is 369 g/mol. The number of rotatable bonds is 6. The Morgan fingerprint density at radius 3 is 2.78 bits per heavy atom. The van der Waals surface area contributed by atoms with Crippen molar-refractivity contribution in [1.29, 1.82) is 0 Å².